The van der Waals surface area contributed by atoms with Gasteiger partial charge in [0.1, 0.15) is 0 Å². The fraction of sp³-hybridized carbons (Fsp3) is 0.875. The number of hydrogen-bond acceptors (Lipinski definition) is 2. The van der Waals surface area contributed by atoms with E-state index < -0.39 is 0 Å². The fourth-order valence-corrected chi connectivity index (χ4v) is 1.47. The summed E-state index contributed by atoms with van der Waals surface area (Å²) in [7, 11) is 0. The Balaban J connectivity index is 2.52. The zero-order valence-electron chi connectivity index (χ0n) is 7.21. The van der Waals surface area contributed by atoms with Gasteiger partial charge in [0, 0.05) is 19.0 Å². The second kappa shape index (κ2) is 3.22. The van der Waals surface area contributed by atoms with Crippen molar-refractivity contribution in [2.24, 2.45) is 11.7 Å². The Morgan fingerprint density at radius 1 is 1.73 bits per heavy atom. The van der Waals surface area contributed by atoms with E-state index in [9.17, 15) is 4.79 Å². The van der Waals surface area contributed by atoms with E-state index in [1.807, 2.05) is 18.7 Å². The van der Waals surface area contributed by atoms with Gasteiger partial charge >= 0.3 is 0 Å². The van der Waals surface area contributed by atoms with Gasteiger partial charge in [-0.15, -0.1) is 0 Å². The lowest BCUT2D eigenvalue weighted by Gasteiger charge is -2.20. The minimum absolute atomic E-state index is 0.260. The van der Waals surface area contributed by atoms with Gasteiger partial charge in [-0.05, 0) is 26.3 Å². The summed E-state index contributed by atoms with van der Waals surface area (Å²) in [6.45, 7) is 5.57. The maximum Gasteiger partial charge on any atom is 0.223 e. The van der Waals surface area contributed by atoms with Crippen LogP contribution in [0.15, 0.2) is 0 Å². The first kappa shape index (κ1) is 8.53. The van der Waals surface area contributed by atoms with Gasteiger partial charge in [-0.25, -0.2) is 0 Å². The average Bonchev–Trinajstić information content (AvgIpc) is 2.30. The molecule has 1 fully saturated rings. The summed E-state index contributed by atoms with van der Waals surface area (Å²) in [5, 5.41) is 0. The van der Waals surface area contributed by atoms with Crippen LogP contribution in [0.2, 0.25) is 0 Å². The molecule has 0 radical (unpaired) electrons. The highest BCUT2D eigenvalue weighted by molar-refractivity contribution is 5.78. The minimum atomic E-state index is 0.260. The number of nitrogens with two attached hydrogens (primary N) is 1. The molecule has 0 aromatic rings. The quantitative estimate of drug-likeness (QED) is 0.621. The van der Waals surface area contributed by atoms with E-state index in [1.54, 1.807) is 0 Å². The molecule has 1 saturated heterocycles. The van der Waals surface area contributed by atoms with E-state index in [-0.39, 0.29) is 5.91 Å². The second-order valence-corrected chi connectivity index (χ2v) is 3.45. The zero-order chi connectivity index (χ0) is 8.43. The van der Waals surface area contributed by atoms with Crippen molar-refractivity contribution in [2.45, 2.75) is 26.3 Å². The van der Waals surface area contributed by atoms with Gasteiger partial charge in [0.25, 0.3) is 0 Å². The summed E-state index contributed by atoms with van der Waals surface area (Å²) in [6, 6.07) is 0.332. The van der Waals surface area contributed by atoms with Crippen LogP contribution in [0.4, 0.5) is 0 Å². The van der Waals surface area contributed by atoms with Gasteiger partial charge < -0.3 is 10.6 Å². The third kappa shape index (κ3) is 1.71. The smallest absolute Gasteiger partial charge is 0.223 e. The zero-order valence-corrected chi connectivity index (χ0v) is 7.21. The van der Waals surface area contributed by atoms with Gasteiger partial charge in [0.15, 0.2) is 0 Å². The number of hydrogen-bond donors (Lipinski definition) is 1. The number of rotatable bonds is 2. The molecule has 0 spiro atoms. The Kier molecular flexibility index (Phi) is 2.49. The number of amides is 1. The molecule has 0 aromatic carbocycles. The Bertz CT molecular complexity index is 156. The number of carbonyl (C=O) groups is 1. The molecule has 0 aliphatic carbocycles. The molecular formula is C8H16N2O. The topological polar surface area (TPSA) is 46.3 Å². The van der Waals surface area contributed by atoms with Crippen LogP contribution < -0.4 is 5.73 Å². The molecule has 1 atom stereocenters. The van der Waals surface area contributed by atoms with Crippen molar-refractivity contribution in [3.63, 3.8) is 0 Å². The first-order valence-electron chi connectivity index (χ1n) is 4.14. The lowest BCUT2D eigenvalue weighted by atomic mass is 10.1. The summed E-state index contributed by atoms with van der Waals surface area (Å²) in [5.41, 5.74) is 5.48. The molecule has 3 nitrogen and oxygen atoms in total. The monoisotopic (exact) mass is 156 g/mol. The van der Waals surface area contributed by atoms with Gasteiger partial charge in [0.2, 0.25) is 5.91 Å². The fourth-order valence-electron chi connectivity index (χ4n) is 1.47. The molecule has 1 aliphatic rings. The Labute approximate surface area is 67.5 Å². The van der Waals surface area contributed by atoms with Crippen LogP contribution in [0.25, 0.3) is 0 Å². The van der Waals surface area contributed by atoms with Crippen molar-refractivity contribution in [2.75, 3.05) is 13.1 Å². The lowest BCUT2D eigenvalue weighted by molar-refractivity contribution is -0.129. The summed E-state index contributed by atoms with van der Waals surface area (Å²) < 4.78 is 0. The van der Waals surface area contributed by atoms with E-state index in [0.717, 1.165) is 6.54 Å². The number of likely N-dealkylation sites (tertiary alicyclic amines) is 1. The van der Waals surface area contributed by atoms with E-state index in [2.05, 4.69) is 0 Å². The van der Waals surface area contributed by atoms with Crippen molar-refractivity contribution in [3.05, 3.63) is 0 Å². The molecule has 0 unspecified atom stereocenters. The summed E-state index contributed by atoms with van der Waals surface area (Å²) >= 11 is 0. The van der Waals surface area contributed by atoms with E-state index >= 15 is 0 Å². The normalized spacial score (nSPS) is 25.3. The highest BCUT2D eigenvalue weighted by Crippen LogP contribution is 2.18. The Hall–Kier alpha value is -0.570. The van der Waals surface area contributed by atoms with Gasteiger partial charge in [-0.2, -0.15) is 0 Å². The molecule has 3 heteroatoms. The largest absolute Gasteiger partial charge is 0.340 e. The van der Waals surface area contributed by atoms with Crippen LogP contribution in [0.5, 0.6) is 0 Å². The van der Waals surface area contributed by atoms with Crippen molar-refractivity contribution in [1.82, 2.24) is 4.90 Å². The maximum atomic E-state index is 11.3. The predicted molar refractivity (Wildman–Crippen MR) is 44.0 cm³/mol. The number of nitrogens with zero attached hydrogens (tertiary/aromatic N) is 1. The third-order valence-electron chi connectivity index (χ3n) is 2.20. The molecule has 0 saturated carbocycles. The summed E-state index contributed by atoms with van der Waals surface area (Å²) in [4.78, 5) is 13.2. The lowest BCUT2D eigenvalue weighted by Crippen LogP contribution is -2.32. The predicted octanol–water partition coefficient (Wildman–Crippen LogP) is 0.202. The summed E-state index contributed by atoms with van der Waals surface area (Å²) in [5.74, 6) is 0.653. The van der Waals surface area contributed by atoms with E-state index in [4.69, 9.17) is 5.73 Å². The minimum Gasteiger partial charge on any atom is -0.340 e. The third-order valence-corrected chi connectivity index (χ3v) is 2.20. The summed E-state index contributed by atoms with van der Waals surface area (Å²) in [6.07, 6.45) is 0.648. The van der Waals surface area contributed by atoms with E-state index in [1.165, 1.54) is 0 Å². The Morgan fingerprint density at radius 3 is 2.64 bits per heavy atom. The standard InChI is InChI=1S/C8H16N2O/c1-6(2)10-5-7(4-9)3-8(10)11/h6-7H,3-5,9H2,1-2H3/t7-/m0/s1. The molecule has 0 aromatic heterocycles. The van der Waals surface area contributed by atoms with Crippen LogP contribution >= 0.6 is 0 Å². The first-order valence-corrected chi connectivity index (χ1v) is 4.14. The molecule has 0 bridgehead atoms. The molecule has 64 valence electrons. The molecule has 1 amide bonds. The SMILES string of the molecule is CC(C)N1C[C@H](CN)CC1=O. The van der Waals surface area contributed by atoms with Crippen LogP contribution in [0, 0.1) is 5.92 Å². The Morgan fingerprint density at radius 2 is 2.36 bits per heavy atom. The molecular weight excluding hydrogens is 140 g/mol. The van der Waals surface area contributed by atoms with Crippen molar-refractivity contribution in [1.29, 1.82) is 0 Å². The van der Waals surface area contributed by atoms with Crippen molar-refractivity contribution in [3.8, 4) is 0 Å². The van der Waals surface area contributed by atoms with Crippen LogP contribution in [0.1, 0.15) is 20.3 Å². The molecule has 11 heavy (non-hydrogen) atoms. The van der Waals surface area contributed by atoms with E-state index in [0.29, 0.717) is 24.9 Å². The van der Waals surface area contributed by atoms with Crippen molar-refractivity contribution < 1.29 is 4.79 Å². The average molecular weight is 156 g/mol. The van der Waals surface area contributed by atoms with Gasteiger partial charge in [0.05, 0.1) is 0 Å². The van der Waals surface area contributed by atoms with Crippen LogP contribution in [-0.2, 0) is 4.79 Å². The second-order valence-electron chi connectivity index (χ2n) is 3.45. The molecule has 2 N–H and O–H groups in total. The maximum absolute atomic E-state index is 11.3. The molecule has 1 aliphatic heterocycles. The number of carbonyl (C=O) groups excluding carboxylic acids is 1. The highest BCUT2D eigenvalue weighted by atomic mass is 16.2. The van der Waals surface area contributed by atoms with Crippen LogP contribution in [-0.4, -0.2) is 29.9 Å². The molecule has 1 heterocycles. The van der Waals surface area contributed by atoms with Crippen molar-refractivity contribution >= 4 is 5.91 Å². The first-order chi connectivity index (χ1) is 5.15. The van der Waals surface area contributed by atoms with Gasteiger partial charge in [-0.1, -0.05) is 0 Å². The highest BCUT2D eigenvalue weighted by Gasteiger charge is 2.29. The molecule has 1 rings (SSSR count). The van der Waals surface area contributed by atoms with Gasteiger partial charge in [-0.3, -0.25) is 4.79 Å². The van der Waals surface area contributed by atoms with Crippen LogP contribution in [0.3, 0.4) is 0 Å².